The Hall–Kier alpha value is -2.59. The van der Waals surface area contributed by atoms with Gasteiger partial charge in [-0.2, -0.15) is 18.4 Å². The highest BCUT2D eigenvalue weighted by Gasteiger charge is 2.30. The predicted octanol–water partition coefficient (Wildman–Crippen LogP) is 3.27. The zero-order valence-electron chi connectivity index (χ0n) is 11.4. The number of ether oxygens (including phenoxy) is 1. The van der Waals surface area contributed by atoms with E-state index in [1.807, 2.05) is 6.07 Å². The van der Waals surface area contributed by atoms with Crippen molar-refractivity contribution in [3.63, 3.8) is 0 Å². The standard InChI is InChI=1S/C15H12F3N3O/c16-15(17,18)12-2-4-14(21-9-12)22-13-3-1-10(5-6-19)7-11(13)8-20/h1-4,7,9H,5-6,19H2. The van der Waals surface area contributed by atoms with Gasteiger partial charge in [-0.3, -0.25) is 0 Å². The number of nitriles is 1. The number of hydrogen-bond acceptors (Lipinski definition) is 4. The number of hydrogen-bond donors (Lipinski definition) is 1. The quantitative estimate of drug-likeness (QED) is 0.941. The molecule has 0 radical (unpaired) electrons. The summed E-state index contributed by atoms with van der Waals surface area (Å²) in [6, 6.07) is 8.90. The largest absolute Gasteiger partial charge is 0.438 e. The zero-order chi connectivity index (χ0) is 16.2. The van der Waals surface area contributed by atoms with Gasteiger partial charge in [0.25, 0.3) is 0 Å². The lowest BCUT2D eigenvalue weighted by Crippen LogP contribution is -2.05. The molecule has 4 nitrogen and oxygen atoms in total. The molecule has 0 unspecified atom stereocenters. The van der Waals surface area contributed by atoms with Gasteiger partial charge < -0.3 is 10.5 Å². The van der Waals surface area contributed by atoms with E-state index in [0.29, 0.717) is 19.2 Å². The highest BCUT2D eigenvalue weighted by atomic mass is 19.4. The molecule has 0 saturated heterocycles. The summed E-state index contributed by atoms with van der Waals surface area (Å²) in [5.74, 6) is 0.214. The topological polar surface area (TPSA) is 71.9 Å². The summed E-state index contributed by atoms with van der Waals surface area (Å²) in [4.78, 5) is 3.60. The first-order valence-electron chi connectivity index (χ1n) is 6.38. The van der Waals surface area contributed by atoms with Gasteiger partial charge in [0, 0.05) is 12.3 Å². The minimum atomic E-state index is -4.45. The lowest BCUT2D eigenvalue weighted by molar-refractivity contribution is -0.137. The Morgan fingerprint density at radius 3 is 2.55 bits per heavy atom. The van der Waals surface area contributed by atoms with Gasteiger partial charge in [0.15, 0.2) is 0 Å². The third-order valence-electron chi connectivity index (χ3n) is 2.88. The van der Waals surface area contributed by atoms with Crippen molar-refractivity contribution in [1.29, 1.82) is 5.26 Å². The van der Waals surface area contributed by atoms with Crippen LogP contribution in [-0.2, 0) is 12.6 Å². The van der Waals surface area contributed by atoms with Gasteiger partial charge >= 0.3 is 6.18 Å². The average molecular weight is 307 g/mol. The molecule has 22 heavy (non-hydrogen) atoms. The molecule has 0 fully saturated rings. The Balaban J connectivity index is 2.22. The fourth-order valence-electron chi connectivity index (χ4n) is 1.80. The van der Waals surface area contributed by atoms with Crippen molar-refractivity contribution < 1.29 is 17.9 Å². The van der Waals surface area contributed by atoms with Gasteiger partial charge in [-0.15, -0.1) is 0 Å². The number of pyridine rings is 1. The van der Waals surface area contributed by atoms with Gasteiger partial charge in [0.05, 0.1) is 11.1 Å². The first-order chi connectivity index (χ1) is 10.4. The maximum Gasteiger partial charge on any atom is 0.417 e. The van der Waals surface area contributed by atoms with Crippen LogP contribution >= 0.6 is 0 Å². The molecule has 1 heterocycles. The Morgan fingerprint density at radius 1 is 1.23 bits per heavy atom. The summed E-state index contributed by atoms with van der Waals surface area (Å²) in [6.07, 6.45) is -3.15. The van der Waals surface area contributed by atoms with Gasteiger partial charge in [0.1, 0.15) is 11.8 Å². The summed E-state index contributed by atoms with van der Waals surface area (Å²) in [5.41, 5.74) is 5.74. The number of aromatic nitrogens is 1. The zero-order valence-corrected chi connectivity index (χ0v) is 11.4. The van der Waals surface area contributed by atoms with Crippen molar-refractivity contribution in [2.75, 3.05) is 6.54 Å². The average Bonchev–Trinajstić information content (AvgIpc) is 2.48. The number of benzene rings is 1. The number of alkyl halides is 3. The first kappa shape index (κ1) is 15.8. The normalized spacial score (nSPS) is 11.0. The first-order valence-corrected chi connectivity index (χ1v) is 6.38. The van der Waals surface area contributed by atoms with Crippen molar-refractivity contribution in [1.82, 2.24) is 4.98 Å². The SMILES string of the molecule is N#Cc1cc(CCN)ccc1Oc1ccc(C(F)(F)F)cn1. The fourth-order valence-corrected chi connectivity index (χ4v) is 1.80. The van der Waals surface area contributed by atoms with Crippen molar-refractivity contribution in [2.24, 2.45) is 5.73 Å². The molecule has 0 aliphatic heterocycles. The number of rotatable bonds is 4. The summed E-state index contributed by atoms with van der Waals surface area (Å²) in [7, 11) is 0. The van der Waals surface area contributed by atoms with Crippen molar-refractivity contribution >= 4 is 0 Å². The molecule has 7 heteroatoms. The Labute approximate surface area is 125 Å². The van der Waals surface area contributed by atoms with Crippen LogP contribution in [0.3, 0.4) is 0 Å². The second kappa shape index (κ2) is 6.45. The van der Waals surface area contributed by atoms with E-state index in [-0.39, 0.29) is 17.2 Å². The van der Waals surface area contributed by atoms with E-state index in [9.17, 15) is 13.2 Å². The van der Waals surface area contributed by atoms with E-state index < -0.39 is 11.7 Å². The van der Waals surface area contributed by atoms with E-state index in [1.165, 1.54) is 0 Å². The highest BCUT2D eigenvalue weighted by Crippen LogP contribution is 2.30. The molecule has 0 spiro atoms. The van der Waals surface area contributed by atoms with Crippen LogP contribution in [0, 0.1) is 11.3 Å². The molecule has 0 amide bonds. The molecule has 0 bridgehead atoms. The fraction of sp³-hybridized carbons (Fsp3) is 0.200. The van der Waals surface area contributed by atoms with Gasteiger partial charge in [-0.1, -0.05) is 6.07 Å². The van der Waals surface area contributed by atoms with Crippen molar-refractivity contribution in [3.8, 4) is 17.7 Å². The van der Waals surface area contributed by atoms with E-state index in [2.05, 4.69) is 4.98 Å². The van der Waals surface area contributed by atoms with Crippen molar-refractivity contribution in [2.45, 2.75) is 12.6 Å². The Bertz CT molecular complexity index is 691. The molecule has 0 aliphatic carbocycles. The van der Waals surface area contributed by atoms with Gasteiger partial charge in [-0.25, -0.2) is 4.98 Å². The smallest absolute Gasteiger partial charge is 0.417 e. The molecule has 1 aromatic heterocycles. The third kappa shape index (κ3) is 3.74. The summed E-state index contributed by atoms with van der Waals surface area (Å²) >= 11 is 0. The molecule has 2 rings (SSSR count). The minimum absolute atomic E-state index is 0.0175. The molecule has 0 atom stereocenters. The van der Waals surface area contributed by atoms with E-state index in [0.717, 1.165) is 17.7 Å². The van der Waals surface area contributed by atoms with Crippen molar-refractivity contribution in [3.05, 3.63) is 53.2 Å². The third-order valence-corrected chi connectivity index (χ3v) is 2.88. The van der Waals surface area contributed by atoms with Crippen LogP contribution < -0.4 is 10.5 Å². The molecule has 2 aromatic rings. The molecule has 0 aliphatic rings. The second-order valence-corrected chi connectivity index (χ2v) is 4.47. The highest BCUT2D eigenvalue weighted by molar-refractivity contribution is 5.47. The van der Waals surface area contributed by atoms with Gasteiger partial charge in [0.2, 0.25) is 5.88 Å². The van der Waals surface area contributed by atoms with Crippen LogP contribution in [0.15, 0.2) is 36.5 Å². The number of nitrogens with zero attached hydrogens (tertiary/aromatic N) is 2. The minimum Gasteiger partial charge on any atom is -0.438 e. The Morgan fingerprint density at radius 2 is 2.00 bits per heavy atom. The van der Waals surface area contributed by atoms with Crippen LogP contribution in [0.5, 0.6) is 11.6 Å². The van der Waals surface area contributed by atoms with Gasteiger partial charge in [-0.05, 0) is 36.7 Å². The van der Waals surface area contributed by atoms with E-state index in [1.54, 1.807) is 18.2 Å². The second-order valence-electron chi connectivity index (χ2n) is 4.47. The lowest BCUT2D eigenvalue weighted by atomic mass is 10.1. The lowest BCUT2D eigenvalue weighted by Gasteiger charge is -2.09. The van der Waals surface area contributed by atoms with Crippen LogP contribution in [0.2, 0.25) is 0 Å². The molecule has 1 aromatic carbocycles. The molecule has 0 saturated carbocycles. The van der Waals surface area contributed by atoms with E-state index >= 15 is 0 Å². The maximum atomic E-state index is 12.4. The van der Waals surface area contributed by atoms with Crippen LogP contribution in [0.4, 0.5) is 13.2 Å². The van der Waals surface area contributed by atoms with Crippen LogP contribution in [-0.4, -0.2) is 11.5 Å². The summed E-state index contributed by atoms with van der Waals surface area (Å²) in [6.45, 7) is 0.450. The molecule has 114 valence electrons. The summed E-state index contributed by atoms with van der Waals surface area (Å²) in [5, 5.41) is 9.11. The van der Waals surface area contributed by atoms with Crippen LogP contribution in [0.1, 0.15) is 16.7 Å². The monoisotopic (exact) mass is 307 g/mol. The predicted molar refractivity (Wildman–Crippen MR) is 73.2 cm³/mol. The maximum absolute atomic E-state index is 12.4. The Kier molecular flexibility index (Phi) is 4.63. The number of nitrogens with two attached hydrogens (primary N) is 1. The summed E-state index contributed by atoms with van der Waals surface area (Å²) < 4.78 is 42.7. The van der Waals surface area contributed by atoms with E-state index in [4.69, 9.17) is 15.7 Å². The molecular formula is C15H12F3N3O. The number of halogens is 3. The van der Waals surface area contributed by atoms with Crippen LogP contribution in [0.25, 0.3) is 0 Å². The molecular weight excluding hydrogens is 295 g/mol. The molecule has 2 N–H and O–H groups in total.